The summed E-state index contributed by atoms with van der Waals surface area (Å²) in [5.41, 5.74) is 0.208. The van der Waals surface area contributed by atoms with Crippen molar-refractivity contribution < 1.29 is 9.53 Å². The highest BCUT2D eigenvalue weighted by Crippen LogP contribution is 2.32. The maximum Gasteiger partial charge on any atom is 0.220 e. The zero-order valence-electron chi connectivity index (χ0n) is 10.4. The van der Waals surface area contributed by atoms with Crippen molar-refractivity contribution in [2.45, 2.75) is 37.3 Å². The lowest BCUT2D eigenvalue weighted by molar-refractivity contribution is -0.122. The first-order valence-corrected chi connectivity index (χ1v) is 7.58. The van der Waals surface area contributed by atoms with Crippen molar-refractivity contribution in [3.05, 3.63) is 0 Å². The van der Waals surface area contributed by atoms with Crippen LogP contribution in [0, 0.1) is 0 Å². The third-order valence-electron chi connectivity index (χ3n) is 3.85. The maximum absolute atomic E-state index is 11.1. The second-order valence-electron chi connectivity index (χ2n) is 5.24. The van der Waals surface area contributed by atoms with E-state index in [-0.39, 0.29) is 17.5 Å². The minimum Gasteiger partial charge on any atom is -0.381 e. The first kappa shape index (κ1) is 12.3. The van der Waals surface area contributed by atoms with Crippen molar-refractivity contribution in [3.8, 4) is 0 Å². The molecule has 3 rings (SSSR count). The van der Waals surface area contributed by atoms with Gasteiger partial charge in [0.25, 0.3) is 0 Å². The molecule has 0 bridgehead atoms. The number of thioether (sulfide) groups is 1. The number of nitrogens with zero attached hydrogens (tertiary/aromatic N) is 1. The Kier molecular flexibility index (Phi) is 3.48. The van der Waals surface area contributed by atoms with Crippen LogP contribution >= 0.6 is 11.8 Å². The molecule has 2 N–H and O–H groups in total. The highest BCUT2D eigenvalue weighted by molar-refractivity contribution is 8.14. The normalized spacial score (nSPS) is 33.4. The van der Waals surface area contributed by atoms with E-state index in [2.05, 4.69) is 10.6 Å². The molecule has 3 fully saturated rings. The van der Waals surface area contributed by atoms with Gasteiger partial charge in [0.1, 0.15) is 0 Å². The summed E-state index contributed by atoms with van der Waals surface area (Å²) >= 11 is 1.81. The Morgan fingerprint density at radius 3 is 2.94 bits per heavy atom. The summed E-state index contributed by atoms with van der Waals surface area (Å²) in [4.78, 5) is 15.8. The van der Waals surface area contributed by atoms with Crippen LogP contribution in [0.15, 0.2) is 4.99 Å². The van der Waals surface area contributed by atoms with Crippen LogP contribution in [0.3, 0.4) is 0 Å². The lowest BCUT2D eigenvalue weighted by atomic mass is 9.93. The lowest BCUT2D eigenvalue weighted by Crippen LogP contribution is -2.48. The van der Waals surface area contributed by atoms with Crippen molar-refractivity contribution in [1.29, 1.82) is 0 Å². The van der Waals surface area contributed by atoms with E-state index in [1.807, 2.05) is 11.8 Å². The molecule has 1 atom stereocenters. The van der Waals surface area contributed by atoms with Gasteiger partial charge in [0, 0.05) is 31.9 Å². The third-order valence-corrected chi connectivity index (χ3v) is 5.02. The van der Waals surface area contributed by atoms with E-state index >= 15 is 0 Å². The molecular weight excluding hydrogens is 250 g/mol. The molecule has 3 saturated heterocycles. The fourth-order valence-electron chi connectivity index (χ4n) is 2.60. The van der Waals surface area contributed by atoms with Crippen molar-refractivity contribution in [1.82, 2.24) is 10.6 Å². The molecule has 3 heterocycles. The number of nitrogens with one attached hydrogen (secondary N) is 2. The van der Waals surface area contributed by atoms with Gasteiger partial charge in [0.2, 0.25) is 5.91 Å². The van der Waals surface area contributed by atoms with E-state index in [9.17, 15) is 4.79 Å². The predicted octanol–water partition coefficient (Wildman–Crippen LogP) is 0.507. The van der Waals surface area contributed by atoms with E-state index in [1.54, 1.807) is 0 Å². The molecule has 0 radical (unpaired) electrons. The van der Waals surface area contributed by atoms with Crippen molar-refractivity contribution in [3.63, 3.8) is 0 Å². The molecule has 0 saturated carbocycles. The van der Waals surface area contributed by atoms with Gasteiger partial charge in [-0.05, 0) is 19.3 Å². The molecule has 18 heavy (non-hydrogen) atoms. The smallest absolute Gasteiger partial charge is 0.220 e. The molecule has 0 aromatic rings. The minimum absolute atomic E-state index is 0.152. The van der Waals surface area contributed by atoms with Crippen LogP contribution in [0.1, 0.15) is 25.7 Å². The number of carbonyl (C=O) groups is 1. The van der Waals surface area contributed by atoms with Crippen LogP contribution < -0.4 is 10.6 Å². The number of hydrogen-bond acceptors (Lipinski definition) is 4. The molecular formula is C12H19N3O2S. The lowest BCUT2D eigenvalue weighted by Gasteiger charge is -2.32. The summed E-state index contributed by atoms with van der Waals surface area (Å²) in [7, 11) is 0. The molecule has 1 amide bonds. The largest absolute Gasteiger partial charge is 0.381 e. The van der Waals surface area contributed by atoms with Crippen LogP contribution in [-0.4, -0.2) is 48.2 Å². The Bertz CT molecular complexity index is 356. The van der Waals surface area contributed by atoms with Crippen LogP contribution in [0.4, 0.5) is 0 Å². The molecule has 6 heteroatoms. The summed E-state index contributed by atoms with van der Waals surface area (Å²) in [5.74, 6) is 1.24. The zero-order valence-corrected chi connectivity index (χ0v) is 11.2. The Hall–Kier alpha value is -0.750. The fourth-order valence-corrected chi connectivity index (χ4v) is 3.89. The fraction of sp³-hybridized carbons (Fsp3) is 0.833. The quantitative estimate of drug-likeness (QED) is 0.728. The molecule has 3 aliphatic heterocycles. The predicted molar refractivity (Wildman–Crippen MR) is 71.8 cm³/mol. The van der Waals surface area contributed by atoms with Crippen LogP contribution in [-0.2, 0) is 9.53 Å². The van der Waals surface area contributed by atoms with Gasteiger partial charge in [-0.3, -0.25) is 9.79 Å². The number of amides is 1. The van der Waals surface area contributed by atoms with E-state index in [1.165, 1.54) is 0 Å². The second-order valence-corrected chi connectivity index (χ2v) is 6.20. The monoisotopic (exact) mass is 269 g/mol. The van der Waals surface area contributed by atoms with Gasteiger partial charge in [-0.1, -0.05) is 11.8 Å². The summed E-state index contributed by atoms with van der Waals surface area (Å²) < 4.78 is 5.42. The standard InChI is InChI=1S/C12H19N3O2S/c16-10-2-1-9(7-13-10)14-11-15-12(8-18-11)3-5-17-6-4-12/h9H,1-8H2,(H,13,16)(H,14,15). The first-order chi connectivity index (χ1) is 8.76. The van der Waals surface area contributed by atoms with Gasteiger partial charge in [0.15, 0.2) is 5.17 Å². The van der Waals surface area contributed by atoms with E-state index in [0.717, 1.165) is 43.4 Å². The van der Waals surface area contributed by atoms with Crippen molar-refractivity contribution >= 4 is 22.8 Å². The van der Waals surface area contributed by atoms with E-state index in [0.29, 0.717) is 13.0 Å². The highest BCUT2D eigenvalue weighted by Gasteiger charge is 2.38. The number of hydrogen-bond donors (Lipinski definition) is 2. The number of rotatable bonds is 1. The number of carbonyl (C=O) groups excluding carboxylic acids is 1. The number of amidine groups is 1. The average molecular weight is 269 g/mol. The van der Waals surface area contributed by atoms with Crippen LogP contribution in [0.25, 0.3) is 0 Å². The van der Waals surface area contributed by atoms with E-state index < -0.39 is 0 Å². The highest BCUT2D eigenvalue weighted by atomic mass is 32.2. The first-order valence-electron chi connectivity index (χ1n) is 6.59. The van der Waals surface area contributed by atoms with Crippen molar-refractivity contribution in [2.75, 3.05) is 25.5 Å². The molecule has 1 unspecified atom stereocenters. The van der Waals surface area contributed by atoms with Gasteiger partial charge >= 0.3 is 0 Å². The summed E-state index contributed by atoms with van der Waals surface area (Å²) in [5, 5.41) is 7.51. The molecule has 100 valence electrons. The molecule has 1 spiro atoms. The second kappa shape index (κ2) is 5.09. The Morgan fingerprint density at radius 2 is 2.22 bits per heavy atom. The third kappa shape index (κ3) is 2.64. The number of ether oxygens (including phenoxy) is 1. The topological polar surface area (TPSA) is 62.7 Å². The molecule has 0 aromatic carbocycles. The summed E-state index contributed by atoms with van der Waals surface area (Å²) in [6.07, 6.45) is 3.61. The SMILES string of the molecule is O=C1CCC(N=C2NC3(CCOCC3)CS2)CN1. The Balaban J connectivity index is 1.59. The van der Waals surface area contributed by atoms with Gasteiger partial charge in [0.05, 0.1) is 11.6 Å². The van der Waals surface area contributed by atoms with Gasteiger partial charge in [-0.25, -0.2) is 0 Å². The number of piperidine rings is 1. The maximum atomic E-state index is 11.1. The van der Waals surface area contributed by atoms with E-state index in [4.69, 9.17) is 9.73 Å². The van der Waals surface area contributed by atoms with Gasteiger partial charge in [-0.2, -0.15) is 0 Å². The Morgan fingerprint density at radius 1 is 1.39 bits per heavy atom. The van der Waals surface area contributed by atoms with Gasteiger partial charge < -0.3 is 15.4 Å². The van der Waals surface area contributed by atoms with Crippen molar-refractivity contribution in [2.24, 2.45) is 4.99 Å². The van der Waals surface area contributed by atoms with Crippen LogP contribution in [0.5, 0.6) is 0 Å². The molecule has 0 aromatic heterocycles. The average Bonchev–Trinajstić information content (AvgIpc) is 2.76. The molecule has 3 aliphatic rings. The minimum atomic E-state index is 0.152. The Labute approximate surface area is 111 Å². The van der Waals surface area contributed by atoms with Gasteiger partial charge in [-0.15, -0.1) is 0 Å². The molecule has 0 aliphatic carbocycles. The molecule has 5 nitrogen and oxygen atoms in total. The summed E-state index contributed by atoms with van der Waals surface area (Å²) in [6.45, 7) is 2.38. The zero-order chi connectivity index (χ0) is 12.4. The summed E-state index contributed by atoms with van der Waals surface area (Å²) in [6, 6.07) is 0.243. The number of aliphatic imine (C=N–C) groups is 1. The van der Waals surface area contributed by atoms with Crippen LogP contribution in [0.2, 0.25) is 0 Å².